The number of likely N-dealkylation sites (tertiary alicyclic amines) is 1. The third kappa shape index (κ3) is 4.86. The summed E-state index contributed by atoms with van der Waals surface area (Å²) < 4.78 is 0. The number of rotatable bonds is 6. The average molecular weight is 374 g/mol. The second kappa shape index (κ2) is 8.53. The number of aliphatic hydroxyl groups is 2. The van der Waals surface area contributed by atoms with E-state index >= 15 is 0 Å². The lowest BCUT2D eigenvalue weighted by Crippen LogP contribution is -2.49. The highest BCUT2D eigenvalue weighted by Gasteiger charge is 2.35. The van der Waals surface area contributed by atoms with E-state index in [9.17, 15) is 10.2 Å². The molecule has 0 bridgehead atoms. The lowest BCUT2D eigenvalue weighted by atomic mass is 9.85. The lowest BCUT2D eigenvalue weighted by molar-refractivity contribution is -0.0504. The molecule has 2 aromatic carbocycles. The molecule has 140 valence electrons. The highest BCUT2D eigenvalue weighted by molar-refractivity contribution is 6.30. The van der Waals surface area contributed by atoms with Gasteiger partial charge in [0.1, 0.15) is 0 Å². The molecule has 0 amide bonds. The lowest BCUT2D eigenvalue weighted by Gasteiger charge is -2.42. The summed E-state index contributed by atoms with van der Waals surface area (Å²) in [5, 5.41) is 22.3. The van der Waals surface area contributed by atoms with E-state index in [0.717, 1.165) is 44.3 Å². The third-order valence-electron chi connectivity index (χ3n) is 5.70. The van der Waals surface area contributed by atoms with Gasteiger partial charge in [0, 0.05) is 24.2 Å². The minimum Gasteiger partial charge on any atom is -0.390 e. The molecule has 1 saturated heterocycles. The second-order valence-corrected chi connectivity index (χ2v) is 7.92. The van der Waals surface area contributed by atoms with E-state index in [2.05, 4.69) is 17.0 Å². The Bertz CT molecular complexity index is 681. The zero-order chi connectivity index (χ0) is 18.6. The Morgan fingerprint density at radius 2 is 1.65 bits per heavy atom. The van der Waals surface area contributed by atoms with Gasteiger partial charge in [-0.3, -0.25) is 4.90 Å². The zero-order valence-electron chi connectivity index (χ0n) is 15.3. The SMILES string of the molecule is C[C@@H](C(O)c1ccc(Cl)cc1)N1CCC(O)(CCc2ccccc2)CC1. The number of benzene rings is 2. The molecule has 1 aliphatic heterocycles. The van der Waals surface area contributed by atoms with Gasteiger partial charge < -0.3 is 10.2 Å². The second-order valence-electron chi connectivity index (χ2n) is 7.48. The van der Waals surface area contributed by atoms with Crippen LogP contribution in [-0.2, 0) is 6.42 Å². The molecular weight excluding hydrogens is 346 g/mol. The Labute approximate surface area is 161 Å². The number of halogens is 1. The molecule has 2 atom stereocenters. The molecule has 3 rings (SSSR count). The maximum absolute atomic E-state index is 10.9. The average Bonchev–Trinajstić information content (AvgIpc) is 2.67. The minimum atomic E-state index is -0.600. The molecule has 0 spiro atoms. The van der Waals surface area contributed by atoms with Crippen LogP contribution in [0.5, 0.6) is 0 Å². The molecular formula is C22H28ClNO2. The molecule has 0 aromatic heterocycles. The summed E-state index contributed by atoms with van der Waals surface area (Å²) in [6.45, 7) is 3.65. The van der Waals surface area contributed by atoms with E-state index in [1.165, 1.54) is 5.56 Å². The van der Waals surface area contributed by atoms with Crippen molar-refractivity contribution in [3.05, 3.63) is 70.7 Å². The smallest absolute Gasteiger partial charge is 0.0942 e. The summed E-state index contributed by atoms with van der Waals surface area (Å²) >= 11 is 5.93. The van der Waals surface area contributed by atoms with Crippen molar-refractivity contribution < 1.29 is 10.2 Å². The van der Waals surface area contributed by atoms with Crippen LogP contribution in [0.3, 0.4) is 0 Å². The summed E-state index contributed by atoms with van der Waals surface area (Å²) in [7, 11) is 0. The van der Waals surface area contributed by atoms with Gasteiger partial charge in [-0.1, -0.05) is 54.1 Å². The summed E-state index contributed by atoms with van der Waals surface area (Å²) in [5.74, 6) is 0. The largest absolute Gasteiger partial charge is 0.390 e. The Balaban J connectivity index is 1.52. The van der Waals surface area contributed by atoms with Crippen molar-refractivity contribution in [3.8, 4) is 0 Å². The highest BCUT2D eigenvalue weighted by Crippen LogP contribution is 2.31. The number of aliphatic hydroxyl groups excluding tert-OH is 1. The maximum atomic E-state index is 10.9. The zero-order valence-corrected chi connectivity index (χ0v) is 16.1. The fourth-order valence-electron chi connectivity index (χ4n) is 3.76. The minimum absolute atomic E-state index is 0.00912. The first-order valence-electron chi connectivity index (χ1n) is 9.41. The van der Waals surface area contributed by atoms with Gasteiger partial charge in [-0.2, -0.15) is 0 Å². The van der Waals surface area contributed by atoms with Gasteiger partial charge >= 0.3 is 0 Å². The predicted octanol–water partition coefficient (Wildman–Crippen LogP) is 4.22. The Hall–Kier alpha value is -1.39. The molecule has 1 unspecified atom stereocenters. The molecule has 2 aromatic rings. The summed E-state index contributed by atoms with van der Waals surface area (Å²) in [5.41, 5.74) is 1.55. The summed E-state index contributed by atoms with van der Waals surface area (Å²) in [4.78, 5) is 2.27. The summed E-state index contributed by atoms with van der Waals surface area (Å²) in [6, 6.07) is 17.7. The van der Waals surface area contributed by atoms with E-state index in [1.807, 2.05) is 49.4 Å². The molecule has 2 N–H and O–H groups in total. The number of nitrogens with zero attached hydrogens (tertiary/aromatic N) is 1. The van der Waals surface area contributed by atoms with Crippen molar-refractivity contribution in [1.82, 2.24) is 4.90 Å². The molecule has 3 nitrogen and oxygen atoms in total. The first kappa shape index (κ1) is 19.4. The van der Waals surface area contributed by atoms with Crippen molar-refractivity contribution in [1.29, 1.82) is 0 Å². The van der Waals surface area contributed by atoms with E-state index < -0.39 is 11.7 Å². The van der Waals surface area contributed by atoms with Gasteiger partial charge in [0.15, 0.2) is 0 Å². The van der Waals surface area contributed by atoms with Gasteiger partial charge in [0.2, 0.25) is 0 Å². The van der Waals surface area contributed by atoms with Crippen LogP contribution in [0.15, 0.2) is 54.6 Å². The van der Waals surface area contributed by atoms with Crippen molar-refractivity contribution >= 4 is 11.6 Å². The van der Waals surface area contributed by atoms with Crippen LogP contribution >= 0.6 is 11.6 Å². The number of hydrogen-bond donors (Lipinski definition) is 2. The maximum Gasteiger partial charge on any atom is 0.0942 e. The van der Waals surface area contributed by atoms with Crippen LogP contribution in [0.4, 0.5) is 0 Å². The Kier molecular flexibility index (Phi) is 6.36. The van der Waals surface area contributed by atoms with Crippen molar-refractivity contribution in [2.75, 3.05) is 13.1 Å². The first-order chi connectivity index (χ1) is 12.5. The molecule has 0 aliphatic carbocycles. The van der Waals surface area contributed by atoms with Crippen LogP contribution in [-0.4, -0.2) is 39.8 Å². The van der Waals surface area contributed by atoms with Crippen LogP contribution in [0.1, 0.15) is 43.4 Å². The molecule has 4 heteroatoms. The topological polar surface area (TPSA) is 43.7 Å². The molecule has 1 heterocycles. The van der Waals surface area contributed by atoms with Crippen molar-refractivity contribution in [2.24, 2.45) is 0 Å². The number of aryl methyl sites for hydroxylation is 1. The van der Waals surface area contributed by atoms with Gasteiger partial charge in [-0.05, 0) is 55.9 Å². The summed E-state index contributed by atoms with van der Waals surface area (Å²) in [6.07, 6.45) is 2.64. The van der Waals surface area contributed by atoms with Gasteiger partial charge in [0.05, 0.1) is 11.7 Å². The van der Waals surface area contributed by atoms with Crippen LogP contribution < -0.4 is 0 Å². The van der Waals surface area contributed by atoms with Gasteiger partial charge in [-0.15, -0.1) is 0 Å². The molecule has 1 fully saturated rings. The van der Waals surface area contributed by atoms with Gasteiger partial charge in [0.25, 0.3) is 0 Å². The fourth-order valence-corrected chi connectivity index (χ4v) is 3.88. The number of piperidine rings is 1. The normalized spacial score (nSPS) is 19.8. The quantitative estimate of drug-likeness (QED) is 0.796. The van der Waals surface area contributed by atoms with Crippen LogP contribution in [0, 0.1) is 0 Å². The van der Waals surface area contributed by atoms with Crippen LogP contribution in [0.2, 0.25) is 5.02 Å². The highest BCUT2D eigenvalue weighted by atomic mass is 35.5. The van der Waals surface area contributed by atoms with E-state index in [4.69, 9.17) is 11.6 Å². The number of hydrogen-bond acceptors (Lipinski definition) is 3. The molecule has 1 aliphatic rings. The van der Waals surface area contributed by atoms with Crippen molar-refractivity contribution in [3.63, 3.8) is 0 Å². The standard InChI is InChI=1S/C22H28ClNO2/c1-17(21(25)19-7-9-20(23)10-8-19)24-15-13-22(26,14-16-24)12-11-18-5-3-2-4-6-18/h2-10,17,21,25-26H,11-16H2,1H3/t17-,21?/m0/s1. The van der Waals surface area contributed by atoms with E-state index in [-0.39, 0.29) is 6.04 Å². The van der Waals surface area contributed by atoms with Crippen LogP contribution in [0.25, 0.3) is 0 Å². The monoisotopic (exact) mass is 373 g/mol. The fraction of sp³-hybridized carbons (Fsp3) is 0.455. The Morgan fingerprint density at radius 1 is 1.04 bits per heavy atom. The van der Waals surface area contributed by atoms with Crippen molar-refractivity contribution in [2.45, 2.75) is 50.4 Å². The van der Waals surface area contributed by atoms with E-state index in [0.29, 0.717) is 5.02 Å². The van der Waals surface area contributed by atoms with E-state index in [1.54, 1.807) is 0 Å². The molecule has 0 radical (unpaired) electrons. The third-order valence-corrected chi connectivity index (χ3v) is 5.95. The van der Waals surface area contributed by atoms with Gasteiger partial charge in [-0.25, -0.2) is 0 Å². The predicted molar refractivity (Wildman–Crippen MR) is 106 cm³/mol. The Morgan fingerprint density at radius 3 is 2.27 bits per heavy atom. The molecule has 0 saturated carbocycles. The first-order valence-corrected chi connectivity index (χ1v) is 9.79. The molecule has 26 heavy (non-hydrogen) atoms.